The Kier molecular flexibility index (Phi) is 7.98. The third-order valence-corrected chi connectivity index (χ3v) is 5.70. The van der Waals surface area contributed by atoms with E-state index in [1.54, 1.807) is 32.0 Å². The monoisotopic (exact) mass is 491 g/mol. The van der Waals surface area contributed by atoms with E-state index in [0.29, 0.717) is 17.1 Å². The summed E-state index contributed by atoms with van der Waals surface area (Å²) in [6, 6.07) is 8.80. The summed E-state index contributed by atoms with van der Waals surface area (Å²) >= 11 is 0.965. The first-order valence-corrected chi connectivity index (χ1v) is 11.4. The number of nitrogens with two attached hydrogens (primary N) is 1. The van der Waals surface area contributed by atoms with E-state index in [4.69, 9.17) is 10.5 Å². The lowest BCUT2D eigenvalue weighted by Crippen LogP contribution is -2.25. The molecule has 0 aliphatic heterocycles. The van der Waals surface area contributed by atoms with Gasteiger partial charge in [0.15, 0.2) is 0 Å². The molecule has 0 aliphatic rings. The van der Waals surface area contributed by atoms with Gasteiger partial charge >= 0.3 is 0 Å². The normalized spacial score (nSPS) is 12.6. The molecule has 0 bridgehead atoms. The maximum absolute atomic E-state index is 14.8. The van der Waals surface area contributed by atoms with Crippen LogP contribution in [0.1, 0.15) is 42.4 Å². The molecule has 0 radical (unpaired) electrons. The summed E-state index contributed by atoms with van der Waals surface area (Å²) in [4.78, 5) is 16.6. The quantitative estimate of drug-likeness (QED) is 0.339. The van der Waals surface area contributed by atoms with Crippen molar-refractivity contribution >= 4 is 28.1 Å². The van der Waals surface area contributed by atoms with Crippen LogP contribution in [0.15, 0.2) is 36.4 Å². The number of ether oxygens (including phenoxy) is 1. The van der Waals surface area contributed by atoms with Crippen molar-refractivity contribution in [3.8, 4) is 10.4 Å². The Hall–Kier alpha value is -2.92. The number of amides is 1. The number of thiophene rings is 1. The van der Waals surface area contributed by atoms with Gasteiger partial charge in [-0.25, -0.2) is 13.8 Å². The maximum Gasteiger partial charge on any atom is 0.251 e. The van der Waals surface area contributed by atoms with E-state index in [1.807, 2.05) is 0 Å². The van der Waals surface area contributed by atoms with Crippen LogP contribution in [-0.4, -0.2) is 39.4 Å². The minimum absolute atomic E-state index is 0.0670. The summed E-state index contributed by atoms with van der Waals surface area (Å²) in [6.07, 6.45) is -0.633. The van der Waals surface area contributed by atoms with Crippen LogP contribution in [0.5, 0.6) is 0 Å². The molecule has 5 N–H and O–H groups in total. The smallest absolute Gasteiger partial charge is 0.251 e. The number of halogens is 2. The van der Waals surface area contributed by atoms with Crippen LogP contribution >= 0.6 is 11.3 Å². The molecule has 0 saturated carbocycles. The SMILES string of the molecule is CC(O)Cc1cc(F)c(-c2cc(C(N)=O)c(Nc3cccc(COCC(C)(C)O)n3)s2)c(F)c1. The van der Waals surface area contributed by atoms with E-state index in [-0.39, 0.29) is 40.6 Å². The van der Waals surface area contributed by atoms with E-state index in [1.165, 1.54) is 25.1 Å². The van der Waals surface area contributed by atoms with E-state index in [0.717, 1.165) is 11.3 Å². The van der Waals surface area contributed by atoms with Gasteiger partial charge in [0.1, 0.15) is 22.5 Å². The molecule has 0 saturated heterocycles. The molecule has 2 aromatic heterocycles. The van der Waals surface area contributed by atoms with Crippen molar-refractivity contribution in [3.63, 3.8) is 0 Å². The number of carbonyl (C=O) groups excluding carboxylic acids is 1. The zero-order chi connectivity index (χ0) is 25.0. The van der Waals surface area contributed by atoms with Crippen molar-refractivity contribution in [2.24, 2.45) is 5.73 Å². The first-order valence-electron chi connectivity index (χ1n) is 10.6. The second-order valence-electron chi connectivity index (χ2n) is 8.65. The van der Waals surface area contributed by atoms with Crippen LogP contribution in [0.2, 0.25) is 0 Å². The van der Waals surface area contributed by atoms with Gasteiger partial charge in [-0.2, -0.15) is 0 Å². The number of aromatic nitrogens is 1. The minimum atomic E-state index is -0.974. The van der Waals surface area contributed by atoms with Gasteiger partial charge in [0.05, 0.1) is 41.7 Å². The highest BCUT2D eigenvalue weighted by Crippen LogP contribution is 2.39. The van der Waals surface area contributed by atoms with Crippen LogP contribution < -0.4 is 11.1 Å². The van der Waals surface area contributed by atoms with Gasteiger partial charge in [-0.3, -0.25) is 4.79 Å². The molecule has 1 aromatic carbocycles. The lowest BCUT2D eigenvalue weighted by molar-refractivity contribution is -0.0276. The summed E-state index contributed by atoms with van der Waals surface area (Å²) in [5, 5.41) is 22.5. The Labute approximate surface area is 200 Å². The van der Waals surface area contributed by atoms with Gasteiger partial charge in [-0.1, -0.05) is 6.07 Å². The topological polar surface area (TPSA) is 118 Å². The van der Waals surface area contributed by atoms with Gasteiger partial charge in [-0.15, -0.1) is 11.3 Å². The van der Waals surface area contributed by atoms with Crippen molar-refractivity contribution in [1.82, 2.24) is 4.98 Å². The molecule has 0 aliphatic carbocycles. The first kappa shape index (κ1) is 25.7. The maximum atomic E-state index is 14.8. The summed E-state index contributed by atoms with van der Waals surface area (Å²) in [7, 11) is 0. The Balaban J connectivity index is 1.87. The second kappa shape index (κ2) is 10.6. The number of aliphatic hydroxyl groups is 2. The second-order valence-corrected chi connectivity index (χ2v) is 9.70. The van der Waals surface area contributed by atoms with Crippen LogP contribution in [0.3, 0.4) is 0 Å². The van der Waals surface area contributed by atoms with Crippen molar-refractivity contribution < 1.29 is 28.5 Å². The number of hydrogen-bond acceptors (Lipinski definition) is 7. The molecule has 1 atom stereocenters. The average Bonchev–Trinajstić information content (AvgIpc) is 3.09. The standard InChI is InChI=1S/C24H27F2N3O4S/c1-13(30)7-14-8-17(25)21(18(26)9-14)19-10-16(22(27)31)23(34-19)29-20-6-4-5-15(28-20)11-33-12-24(2,3)32/h4-6,8-10,13,30,32H,7,11-12H2,1-3H3,(H2,27,31)(H,28,29). The Morgan fingerprint density at radius 1 is 1.26 bits per heavy atom. The van der Waals surface area contributed by atoms with E-state index >= 15 is 0 Å². The van der Waals surface area contributed by atoms with Gasteiger partial charge in [-0.05, 0) is 63.1 Å². The Morgan fingerprint density at radius 3 is 2.53 bits per heavy atom. The predicted molar refractivity (Wildman–Crippen MR) is 127 cm³/mol. The molecule has 1 amide bonds. The van der Waals surface area contributed by atoms with Gasteiger partial charge in [0, 0.05) is 4.88 Å². The number of aliphatic hydroxyl groups excluding tert-OH is 1. The van der Waals surface area contributed by atoms with Gasteiger partial charge in [0.2, 0.25) is 0 Å². The lowest BCUT2D eigenvalue weighted by atomic mass is 10.0. The number of pyridine rings is 1. The van der Waals surface area contributed by atoms with Crippen molar-refractivity contribution in [1.29, 1.82) is 0 Å². The fourth-order valence-corrected chi connectivity index (χ4v) is 4.38. The van der Waals surface area contributed by atoms with E-state index < -0.39 is 29.2 Å². The highest BCUT2D eigenvalue weighted by atomic mass is 32.1. The fourth-order valence-electron chi connectivity index (χ4n) is 3.26. The summed E-state index contributed by atoms with van der Waals surface area (Å²) in [5.41, 5.74) is 5.22. The molecule has 34 heavy (non-hydrogen) atoms. The molecule has 0 spiro atoms. The largest absolute Gasteiger partial charge is 0.393 e. The van der Waals surface area contributed by atoms with Gasteiger partial charge in [0.25, 0.3) is 5.91 Å². The van der Waals surface area contributed by atoms with Crippen molar-refractivity contribution in [2.45, 2.75) is 45.5 Å². The van der Waals surface area contributed by atoms with Crippen molar-refractivity contribution in [2.75, 3.05) is 11.9 Å². The number of primary amides is 1. The van der Waals surface area contributed by atoms with Crippen LogP contribution in [0.25, 0.3) is 10.4 Å². The Morgan fingerprint density at radius 2 is 1.94 bits per heavy atom. The number of anilines is 2. The number of nitrogens with one attached hydrogen (secondary N) is 1. The van der Waals surface area contributed by atoms with Gasteiger partial charge < -0.3 is 26.0 Å². The summed E-state index contributed by atoms with van der Waals surface area (Å²) < 4.78 is 35.0. The molecule has 10 heteroatoms. The number of hydrogen-bond donors (Lipinski definition) is 4. The molecule has 7 nitrogen and oxygen atoms in total. The number of rotatable bonds is 10. The van der Waals surface area contributed by atoms with Crippen LogP contribution in [0.4, 0.5) is 19.6 Å². The minimum Gasteiger partial charge on any atom is -0.393 e. The molecule has 2 heterocycles. The molecule has 1 unspecified atom stereocenters. The highest BCUT2D eigenvalue weighted by molar-refractivity contribution is 7.20. The molecular weight excluding hydrogens is 464 g/mol. The number of carbonyl (C=O) groups is 1. The number of benzene rings is 1. The predicted octanol–water partition coefficient (Wildman–Crippen LogP) is 4.14. The zero-order valence-corrected chi connectivity index (χ0v) is 19.9. The molecular formula is C24H27F2N3O4S. The summed E-state index contributed by atoms with van der Waals surface area (Å²) in [5.74, 6) is -1.98. The highest BCUT2D eigenvalue weighted by Gasteiger charge is 2.21. The van der Waals surface area contributed by atoms with Crippen molar-refractivity contribution in [3.05, 3.63) is 64.9 Å². The fraction of sp³-hybridized carbons (Fsp3) is 0.333. The zero-order valence-electron chi connectivity index (χ0n) is 19.1. The third-order valence-electron chi connectivity index (χ3n) is 4.63. The molecule has 3 rings (SSSR count). The average molecular weight is 492 g/mol. The molecule has 3 aromatic rings. The van der Waals surface area contributed by atoms with E-state index in [2.05, 4.69) is 10.3 Å². The first-order chi connectivity index (χ1) is 15.9. The summed E-state index contributed by atoms with van der Waals surface area (Å²) in [6.45, 7) is 5.07. The number of nitrogens with zero attached hydrogens (tertiary/aromatic N) is 1. The van der Waals surface area contributed by atoms with E-state index in [9.17, 15) is 23.8 Å². The Bertz CT molecular complexity index is 1150. The molecule has 182 valence electrons. The van der Waals surface area contributed by atoms with Crippen LogP contribution in [-0.2, 0) is 17.8 Å². The lowest BCUT2D eigenvalue weighted by Gasteiger charge is -2.16. The van der Waals surface area contributed by atoms with Crippen LogP contribution in [0, 0.1) is 11.6 Å². The molecule has 0 fully saturated rings. The third kappa shape index (κ3) is 6.80.